The minimum absolute atomic E-state index is 0.0653. The molecule has 3 rings (SSSR count). The fourth-order valence-corrected chi connectivity index (χ4v) is 3.78. The predicted molar refractivity (Wildman–Crippen MR) is 130 cm³/mol. The van der Waals surface area contributed by atoms with Crippen molar-refractivity contribution in [2.24, 2.45) is 5.92 Å². The van der Waals surface area contributed by atoms with Gasteiger partial charge in [0.2, 0.25) is 11.8 Å². The van der Waals surface area contributed by atoms with E-state index in [1.54, 1.807) is 61.6 Å². The molecule has 35 heavy (non-hydrogen) atoms. The normalized spacial score (nSPS) is 18.3. The molecule has 186 valence electrons. The van der Waals surface area contributed by atoms with Crippen LogP contribution >= 0.6 is 0 Å². The number of ether oxygens (including phenoxy) is 2. The topological polar surface area (TPSA) is 105 Å². The molecule has 1 aliphatic heterocycles. The Morgan fingerprint density at radius 3 is 2.91 bits per heavy atom. The third-order valence-corrected chi connectivity index (χ3v) is 5.93. The third kappa shape index (κ3) is 6.78. The van der Waals surface area contributed by atoms with Gasteiger partial charge in [-0.05, 0) is 24.6 Å². The minimum atomic E-state index is -0.420. The number of fused-ring (bicyclic) bond motifs is 1. The van der Waals surface area contributed by atoms with Crippen molar-refractivity contribution in [3.63, 3.8) is 0 Å². The molecule has 0 bridgehead atoms. The average Bonchev–Trinajstić information content (AvgIpc) is 2.86. The van der Waals surface area contributed by atoms with E-state index in [4.69, 9.17) is 9.47 Å². The molecule has 1 N–H and O–H groups in total. The maximum absolute atomic E-state index is 13.4. The second kappa shape index (κ2) is 12.3. The molecule has 3 heterocycles. The summed E-state index contributed by atoms with van der Waals surface area (Å²) in [6.07, 6.45) is 4.70. The lowest BCUT2D eigenvalue weighted by Gasteiger charge is -2.37. The van der Waals surface area contributed by atoms with Crippen LogP contribution in [0.15, 0.2) is 36.8 Å². The first-order chi connectivity index (χ1) is 16.8. The number of nitrogens with zero attached hydrogens (tertiary/aromatic N) is 4. The Morgan fingerprint density at radius 1 is 1.43 bits per heavy atom. The van der Waals surface area contributed by atoms with Gasteiger partial charge in [-0.2, -0.15) is 0 Å². The average molecular weight is 481 g/mol. The second-order valence-corrected chi connectivity index (χ2v) is 8.75. The Hall–Kier alpha value is -3.48. The highest BCUT2D eigenvalue weighted by atomic mass is 16.5. The largest absolute Gasteiger partial charge is 0.472 e. The quantitative estimate of drug-likeness (QED) is 0.597. The Morgan fingerprint density at radius 2 is 2.23 bits per heavy atom. The Bertz CT molecular complexity index is 1080. The van der Waals surface area contributed by atoms with E-state index >= 15 is 0 Å². The van der Waals surface area contributed by atoms with Gasteiger partial charge in [-0.25, -0.2) is 4.98 Å². The number of carbonyl (C=O) groups is 2. The number of hydrogen-bond acceptors (Lipinski definition) is 7. The first kappa shape index (κ1) is 26.1. The van der Waals surface area contributed by atoms with Crippen molar-refractivity contribution in [2.45, 2.75) is 32.4 Å². The van der Waals surface area contributed by atoms with Gasteiger partial charge < -0.3 is 24.4 Å². The standard InChI is InChI=1S/C26H32N4O5/c1-18-15-30(19(2)17-31)26(33)22-11-20(8-6-10-34-4)14-28-25(22)35-23(18)16-29(3)24(32)12-21-7-5-9-27-13-21/h5,7,9,11,13-14,18-19,23,31H,10,12,15-17H2,1-4H3/t18-,19-,23-/m0/s1. The van der Waals surface area contributed by atoms with E-state index in [-0.39, 0.29) is 48.8 Å². The number of rotatable bonds is 7. The van der Waals surface area contributed by atoms with Gasteiger partial charge in [0.15, 0.2) is 0 Å². The SMILES string of the molecule is COCC#Cc1cnc2c(c1)C(=O)N([C@@H](C)CO)C[C@H](C)[C@H](CN(C)C(=O)Cc1cccnc1)O2. The fraction of sp³-hybridized carbons (Fsp3) is 0.462. The fourth-order valence-electron chi connectivity index (χ4n) is 3.78. The monoisotopic (exact) mass is 480 g/mol. The van der Waals surface area contributed by atoms with Gasteiger partial charge in [0.05, 0.1) is 25.6 Å². The van der Waals surface area contributed by atoms with Crippen LogP contribution in [0.1, 0.15) is 35.3 Å². The molecule has 0 radical (unpaired) electrons. The molecular weight excluding hydrogens is 448 g/mol. The molecular formula is C26H32N4O5. The summed E-state index contributed by atoms with van der Waals surface area (Å²) in [6.45, 7) is 4.50. The van der Waals surface area contributed by atoms with E-state index in [1.165, 1.54) is 0 Å². The van der Waals surface area contributed by atoms with Gasteiger partial charge in [-0.15, -0.1) is 0 Å². The summed E-state index contributed by atoms with van der Waals surface area (Å²) >= 11 is 0. The highest BCUT2D eigenvalue weighted by molar-refractivity contribution is 5.97. The van der Waals surface area contributed by atoms with E-state index in [9.17, 15) is 14.7 Å². The number of pyridine rings is 2. The van der Waals surface area contributed by atoms with Crippen LogP contribution in [-0.4, -0.2) is 89.3 Å². The molecule has 3 atom stereocenters. The highest BCUT2D eigenvalue weighted by Crippen LogP contribution is 2.27. The smallest absolute Gasteiger partial charge is 0.259 e. The van der Waals surface area contributed by atoms with Crippen molar-refractivity contribution in [1.82, 2.24) is 19.8 Å². The van der Waals surface area contributed by atoms with Crippen LogP contribution in [0.4, 0.5) is 0 Å². The molecule has 9 heteroatoms. The van der Waals surface area contributed by atoms with Crippen molar-refractivity contribution in [2.75, 3.05) is 40.5 Å². The van der Waals surface area contributed by atoms with Crippen molar-refractivity contribution in [3.8, 4) is 17.7 Å². The molecule has 1 aliphatic rings. The van der Waals surface area contributed by atoms with Gasteiger partial charge in [0.25, 0.3) is 5.91 Å². The molecule has 0 aliphatic carbocycles. The zero-order valence-electron chi connectivity index (χ0n) is 20.6. The van der Waals surface area contributed by atoms with Crippen LogP contribution in [0.25, 0.3) is 0 Å². The number of aromatic nitrogens is 2. The van der Waals surface area contributed by atoms with E-state index < -0.39 is 12.1 Å². The van der Waals surface area contributed by atoms with Crippen LogP contribution in [-0.2, 0) is 16.0 Å². The third-order valence-electron chi connectivity index (χ3n) is 5.93. The summed E-state index contributed by atoms with van der Waals surface area (Å²) in [5.74, 6) is 5.50. The van der Waals surface area contributed by atoms with Crippen LogP contribution < -0.4 is 4.74 Å². The van der Waals surface area contributed by atoms with E-state index in [2.05, 4.69) is 21.8 Å². The summed E-state index contributed by atoms with van der Waals surface area (Å²) in [5.41, 5.74) is 1.66. The van der Waals surface area contributed by atoms with Gasteiger partial charge in [0.1, 0.15) is 18.3 Å². The summed E-state index contributed by atoms with van der Waals surface area (Å²) in [7, 11) is 3.29. The maximum atomic E-state index is 13.4. The molecule has 2 aromatic rings. The zero-order chi connectivity index (χ0) is 25.4. The lowest BCUT2D eigenvalue weighted by molar-refractivity contribution is -0.130. The van der Waals surface area contributed by atoms with E-state index in [0.717, 1.165) is 5.56 Å². The highest BCUT2D eigenvalue weighted by Gasteiger charge is 2.34. The summed E-state index contributed by atoms with van der Waals surface area (Å²) < 4.78 is 11.2. The summed E-state index contributed by atoms with van der Waals surface area (Å²) in [5, 5.41) is 9.79. The second-order valence-electron chi connectivity index (χ2n) is 8.75. The van der Waals surface area contributed by atoms with Crippen LogP contribution in [0, 0.1) is 17.8 Å². The first-order valence-electron chi connectivity index (χ1n) is 11.5. The van der Waals surface area contributed by atoms with Crippen molar-refractivity contribution >= 4 is 11.8 Å². The number of aliphatic hydroxyl groups excluding tert-OH is 1. The Kier molecular flexibility index (Phi) is 9.18. The number of amides is 2. The predicted octanol–water partition coefficient (Wildman–Crippen LogP) is 1.40. The molecule has 0 saturated heterocycles. The van der Waals surface area contributed by atoms with Crippen molar-refractivity contribution in [1.29, 1.82) is 0 Å². The number of methoxy groups -OCH3 is 1. The molecule has 9 nitrogen and oxygen atoms in total. The first-order valence-corrected chi connectivity index (χ1v) is 11.5. The van der Waals surface area contributed by atoms with Crippen LogP contribution in [0.2, 0.25) is 0 Å². The van der Waals surface area contributed by atoms with Crippen molar-refractivity contribution in [3.05, 3.63) is 53.5 Å². The lowest BCUT2D eigenvalue weighted by atomic mass is 9.99. The minimum Gasteiger partial charge on any atom is -0.472 e. The maximum Gasteiger partial charge on any atom is 0.259 e. The van der Waals surface area contributed by atoms with Gasteiger partial charge in [-0.1, -0.05) is 24.8 Å². The summed E-state index contributed by atoms with van der Waals surface area (Å²) in [6, 6.07) is 4.91. The number of carbonyl (C=O) groups excluding carboxylic acids is 2. The number of aliphatic hydroxyl groups is 1. The van der Waals surface area contributed by atoms with Gasteiger partial charge >= 0.3 is 0 Å². The Labute approximate surface area is 206 Å². The Balaban J connectivity index is 1.87. The van der Waals surface area contributed by atoms with Gasteiger partial charge in [0, 0.05) is 50.8 Å². The molecule has 0 fully saturated rings. The molecule has 0 spiro atoms. The number of likely N-dealkylation sites (N-methyl/N-ethyl adjacent to an activating group) is 1. The molecule has 0 aromatic carbocycles. The lowest BCUT2D eigenvalue weighted by Crippen LogP contribution is -2.50. The molecule has 0 saturated carbocycles. The zero-order valence-corrected chi connectivity index (χ0v) is 20.6. The summed E-state index contributed by atoms with van der Waals surface area (Å²) in [4.78, 5) is 38.0. The van der Waals surface area contributed by atoms with Crippen LogP contribution in [0.5, 0.6) is 5.88 Å². The van der Waals surface area contributed by atoms with Crippen molar-refractivity contribution < 1.29 is 24.2 Å². The molecule has 0 unspecified atom stereocenters. The number of hydrogen-bond donors (Lipinski definition) is 1. The van der Waals surface area contributed by atoms with E-state index in [0.29, 0.717) is 18.7 Å². The van der Waals surface area contributed by atoms with Crippen LogP contribution in [0.3, 0.4) is 0 Å². The molecule has 2 amide bonds. The van der Waals surface area contributed by atoms with Gasteiger partial charge in [-0.3, -0.25) is 14.6 Å². The molecule has 2 aromatic heterocycles. The van der Waals surface area contributed by atoms with E-state index in [1.807, 2.05) is 13.0 Å².